The van der Waals surface area contributed by atoms with E-state index in [9.17, 15) is 9.59 Å². The Labute approximate surface area is 127 Å². The molecule has 1 amide bonds. The van der Waals surface area contributed by atoms with Crippen LogP contribution in [0.1, 0.15) is 14.5 Å². The number of carbonyl (C=O) groups is 2. The number of carboxylic acid groups (broad SMARTS) is 1. The largest absolute Gasteiger partial charge is 0.478 e. The number of carbonyl (C=O) groups excluding carboxylic acids is 1. The van der Waals surface area contributed by atoms with Crippen LogP contribution in [-0.2, 0) is 9.53 Å². The van der Waals surface area contributed by atoms with E-state index >= 15 is 0 Å². The van der Waals surface area contributed by atoms with E-state index in [-0.39, 0.29) is 12.0 Å². The number of rotatable bonds is 5. The maximum Gasteiger partial charge on any atom is 0.328 e. The summed E-state index contributed by atoms with van der Waals surface area (Å²) >= 11 is 1.26. The number of amides is 1. The Morgan fingerprint density at radius 3 is 3.10 bits per heavy atom. The zero-order valence-corrected chi connectivity index (χ0v) is 12.6. The van der Waals surface area contributed by atoms with Gasteiger partial charge in [0.05, 0.1) is 17.6 Å². The molecule has 0 aromatic carbocycles. The Morgan fingerprint density at radius 2 is 2.38 bits per heavy atom. The predicted octanol–water partition coefficient (Wildman–Crippen LogP) is 0.906. The van der Waals surface area contributed by atoms with Crippen LogP contribution >= 0.6 is 11.3 Å². The lowest BCUT2D eigenvalue weighted by Crippen LogP contribution is -2.45. The van der Waals surface area contributed by atoms with E-state index in [1.807, 2.05) is 7.05 Å². The van der Waals surface area contributed by atoms with Crippen molar-refractivity contribution in [1.29, 1.82) is 0 Å². The molecule has 1 fully saturated rings. The van der Waals surface area contributed by atoms with Gasteiger partial charge in [-0.2, -0.15) is 0 Å². The van der Waals surface area contributed by atoms with Crippen molar-refractivity contribution in [3.8, 4) is 0 Å². The molecule has 21 heavy (non-hydrogen) atoms. The fraction of sp³-hybridized carbons (Fsp3) is 0.429. The summed E-state index contributed by atoms with van der Waals surface area (Å²) in [7, 11) is 2.03. The van der Waals surface area contributed by atoms with Gasteiger partial charge in [-0.05, 0) is 25.3 Å². The molecule has 6 nitrogen and oxygen atoms in total. The highest BCUT2D eigenvalue weighted by Gasteiger charge is 2.18. The predicted molar refractivity (Wildman–Crippen MR) is 80.6 cm³/mol. The second-order valence-corrected chi connectivity index (χ2v) is 5.95. The number of nitrogens with zero attached hydrogens (tertiary/aromatic N) is 1. The van der Waals surface area contributed by atoms with E-state index in [1.54, 1.807) is 12.1 Å². The van der Waals surface area contributed by atoms with Crippen LogP contribution < -0.4 is 5.32 Å². The van der Waals surface area contributed by atoms with Gasteiger partial charge in [0.15, 0.2) is 0 Å². The first-order valence-corrected chi connectivity index (χ1v) is 7.45. The van der Waals surface area contributed by atoms with Gasteiger partial charge in [0.25, 0.3) is 5.91 Å². The monoisotopic (exact) mass is 310 g/mol. The average molecular weight is 310 g/mol. The van der Waals surface area contributed by atoms with E-state index < -0.39 is 5.97 Å². The van der Waals surface area contributed by atoms with Crippen molar-refractivity contribution in [3.63, 3.8) is 0 Å². The first kappa shape index (κ1) is 15.7. The molecule has 7 heteroatoms. The minimum absolute atomic E-state index is 0.0130. The Bertz CT molecular complexity index is 541. The second kappa shape index (κ2) is 7.35. The van der Waals surface area contributed by atoms with E-state index in [0.717, 1.165) is 24.0 Å². The van der Waals surface area contributed by atoms with Gasteiger partial charge in [0.2, 0.25) is 0 Å². The highest BCUT2D eigenvalue weighted by Crippen LogP contribution is 2.17. The van der Waals surface area contributed by atoms with Crippen molar-refractivity contribution in [2.24, 2.45) is 0 Å². The lowest BCUT2D eigenvalue weighted by atomic mass is 10.3. The summed E-state index contributed by atoms with van der Waals surface area (Å²) in [6.45, 7) is 2.87. The molecule has 0 saturated carbocycles. The van der Waals surface area contributed by atoms with Crippen molar-refractivity contribution >= 4 is 29.3 Å². The van der Waals surface area contributed by atoms with Crippen LogP contribution in [0.5, 0.6) is 0 Å². The molecule has 2 rings (SSSR count). The maximum atomic E-state index is 12.0. The van der Waals surface area contributed by atoms with Gasteiger partial charge < -0.3 is 20.1 Å². The minimum atomic E-state index is -1.01. The summed E-state index contributed by atoms with van der Waals surface area (Å²) in [6.07, 6.45) is 2.54. The minimum Gasteiger partial charge on any atom is -0.478 e. The maximum absolute atomic E-state index is 12.0. The van der Waals surface area contributed by atoms with Crippen molar-refractivity contribution < 1.29 is 19.4 Å². The summed E-state index contributed by atoms with van der Waals surface area (Å²) < 4.78 is 5.58. The fourth-order valence-corrected chi connectivity index (χ4v) is 2.83. The third-order valence-corrected chi connectivity index (χ3v) is 4.12. The second-order valence-electron chi connectivity index (χ2n) is 4.84. The topological polar surface area (TPSA) is 78.9 Å². The van der Waals surface area contributed by atoms with Gasteiger partial charge in [0, 0.05) is 30.6 Å². The molecule has 1 aliphatic rings. The molecule has 1 aliphatic heterocycles. The molecule has 0 bridgehead atoms. The first-order valence-electron chi connectivity index (χ1n) is 6.64. The fourth-order valence-electron chi connectivity index (χ4n) is 2.00. The number of morpholine rings is 1. The molecular formula is C14H18N2O4S. The normalized spacial score (nSPS) is 19.8. The molecule has 0 aliphatic carbocycles. The van der Waals surface area contributed by atoms with Crippen LogP contribution in [0.3, 0.4) is 0 Å². The van der Waals surface area contributed by atoms with Crippen LogP contribution in [0.15, 0.2) is 18.2 Å². The molecule has 0 spiro atoms. The lowest BCUT2D eigenvalue weighted by molar-refractivity contribution is -0.131. The van der Waals surface area contributed by atoms with Gasteiger partial charge in [-0.1, -0.05) is 0 Å². The molecule has 114 valence electrons. The molecule has 1 saturated heterocycles. The van der Waals surface area contributed by atoms with E-state index in [1.165, 1.54) is 17.4 Å². The Morgan fingerprint density at radius 1 is 1.57 bits per heavy atom. The lowest BCUT2D eigenvalue weighted by Gasteiger charge is -2.30. The summed E-state index contributed by atoms with van der Waals surface area (Å²) in [4.78, 5) is 25.9. The number of thiophene rings is 1. The summed E-state index contributed by atoms with van der Waals surface area (Å²) in [5.74, 6) is -1.17. The Balaban J connectivity index is 1.84. The van der Waals surface area contributed by atoms with Gasteiger partial charge in [-0.25, -0.2) is 4.79 Å². The van der Waals surface area contributed by atoms with E-state index in [4.69, 9.17) is 9.84 Å². The third-order valence-electron chi connectivity index (χ3n) is 3.07. The molecule has 1 atom stereocenters. The quantitative estimate of drug-likeness (QED) is 0.790. The van der Waals surface area contributed by atoms with Crippen molar-refractivity contribution in [3.05, 3.63) is 28.0 Å². The van der Waals surface area contributed by atoms with E-state index in [0.29, 0.717) is 18.0 Å². The van der Waals surface area contributed by atoms with Crippen LogP contribution in [-0.4, -0.2) is 61.3 Å². The van der Waals surface area contributed by atoms with Gasteiger partial charge in [-0.3, -0.25) is 4.79 Å². The van der Waals surface area contributed by atoms with Crippen molar-refractivity contribution in [2.45, 2.75) is 6.10 Å². The number of likely N-dealkylation sites (N-methyl/N-ethyl adjacent to an activating group) is 1. The zero-order valence-electron chi connectivity index (χ0n) is 11.7. The van der Waals surface area contributed by atoms with Gasteiger partial charge >= 0.3 is 5.97 Å². The number of carboxylic acids is 1. The molecule has 1 aromatic heterocycles. The molecular weight excluding hydrogens is 292 g/mol. The third kappa shape index (κ3) is 4.96. The molecule has 2 N–H and O–H groups in total. The Hall–Kier alpha value is -1.70. The number of ether oxygens (including phenoxy) is 1. The summed E-state index contributed by atoms with van der Waals surface area (Å²) in [5, 5.41) is 11.4. The van der Waals surface area contributed by atoms with Crippen LogP contribution in [0.4, 0.5) is 0 Å². The molecule has 1 aromatic rings. The molecule has 2 heterocycles. The molecule has 1 unspecified atom stereocenters. The molecule has 0 radical (unpaired) electrons. The summed E-state index contributed by atoms with van der Waals surface area (Å²) in [6, 6.07) is 3.42. The standard InChI is InChI=1S/C14H18N2O4S/c1-16-6-7-20-10(9-16)8-15-14(19)12-4-2-11(21-12)3-5-13(17)18/h2-5,10H,6-9H2,1H3,(H,15,19)(H,17,18). The Kier molecular flexibility index (Phi) is 5.49. The number of hydrogen-bond acceptors (Lipinski definition) is 5. The average Bonchev–Trinajstić information content (AvgIpc) is 2.91. The highest BCUT2D eigenvalue weighted by molar-refractivity contribution is 7.14. The van der Waals surface area contributed by atoms with Crippen molar-refractivity contribution in [1.82, 2.24) is 10.2 Å². The SMILES string of the molecule is CN1CCOC(CNC(=O)c2ccc(C=CC(=O)O)s2)C1. The number of hydrogen-bond donors (Lipinski definition) is 2. The van der Waals surface area contributed by atoms with Gasteiger partial charge in [0.1, 0.15) is 0 Å². The zero-order chi connectivity index (χ0) is 15.2. The highest BCUT2D eigenvalue weighted by atomic mass is 32.1. The summed E-state index contributed by atoms with van der Waals surface area (Å²) in [5.41, 5.74) is 0. The van der Waals surface area contributed by atoms with Crippen LogP contribution in [0.25, 0.3) is 6.08 Å². The van der Waals surface area contributed by atoms with Crippen molar-refractivity contribution in [2.75, 3.05) is 33.3 Å². The van der Waals surface area contributed by atoms with Crippen LogP contribution in [0, 0.1) is 0 Å². The first-order chi connectivity index (χ1) is 10.0. The number of aliphatic carboxylic acids is 1. The number of nitrogens with one attached hydrogen (secondary N) is 1. The van der Waals surface area contributed by atoms with Crippen LogP contribution in [0.2, 0.25) is 0 Å². The van der Waals surface area contributed by atoms with E-state index in [2.05, 4.69) is 10.2 Å². The van der Waals surface area contributed by atoms with Gasteiger partial charge in [-0.15, -0.1) is 11.3 Å². The smallest absolute Gasteiger partial charge is 0.328 e.